The molecule has 5 heteroatoms. The fraction of sp³-hybridized carbons (Fsp3) is 0.294. The number of piperazine rings is 1. The highest BCUT2D eigenvalue weighted by atomic mass is 32.1. The van der Waals surface area contributed by atoms with Crippen molar-refractivity contribution in [3.8, 4) is 10.4 Å². The Morgan fingerprint density at radius 2 is 2.14 bits per heavy atom. The average molecular weight is 309 g/mol. The molecule has 4 nitrogen and oxygen atoms in total. The number of aromatic nitrogens is 2. The molecule has 1 fully saturated rings. The van der Waals surface area contributed by atoms with Crippen molar-refractivity contribution in [3.63, 3.8) is 0 Å². The highest BCUT2D eigenvalue weighted by molar-refractivity contribution is 7.22. The van der Waals surface area contributed by atoms with Gasteiger partial charge in [-0.25, -0.2) is 9.97 Å². The van der Waals surface area contributed by atoms with Crippen molar-refractivity contribution in [2.24, 2.45) is 0 Å². The van der Waals surface area contributed by atoms with E-state index >= 15 is 0 Å². The van der Waals surface area contributed by atoms with Crippen molar-refractivity contribution in [1.82, 2.24) is 20.2 Å². The second-order valence-corrected chi connectivity index (χ2v) is 6.59. The molecule has 1 N–H and O–H groups in total. The summed E-state index contributed by atoms with van der Waals surface area (Å²) in [4.78, 5) is 12.0. The van der Waals surface area contributed by atoms with Crippen LogP contribution in [0.5, 0.6) is 0 Å². The van der Waals surface area contributed by atoms with Crippen LogP contribution in [0, 0.1) is 6.20 Å². The highest BCUT2D eigenvalue weighted by Crippen LogP contribution is 2.32. The van der Waals surface area contributed by atoms with Gasteiger partial charge in [-0.3, -0.25) is 4.90 Å². The minimum atomic E-state index is 0.975. The molecule has 0 atom stereocenters. The lowest BCUT2D eigenvalue weighted by atomic mass is 10.1. The van der Waals surface area contributed by atoms with Crippen LogP contribution < -0.4 is 5.32 Å². The molecule has 3 aromatic rings. The largest absolute Gasteiger partial charge is 0.314 e. The predicted molar refractivity (Wildman–Crippen MR) is 89.8 cm³/mol. The first-order valence-electron chi connectivity index (χ1n) is 7.53. The van der Waals surface area contributed by atoms with Crippen LogP contribution in [0.2, 0.25) is 0 Å². The summed E-state index contributed by atoms with van der Waals surface area (Å²) >= 11 is 1.70. The van der Waals surface area contributed by atoms with E-state index in [2.05, 4.69) is 56.7 Å². The van der Waals surface area contributed by atoms with E-state index in [-0.39, 0.29) is 0 Å². The highest BCUT2D eigenvalue weighted by Gasteiger charge is 2.11. The summed E-state index contributed by atoms with van der Waals surface area (Å²) in [7, 11) is 0. The third-order valence-electron chi connectivity index (χ3n) is 3.96. The summed E-state index contributed by atoms with van der Waals surface area (Å²) in [5.41, 5.74) is 3.60. The molecule has 0 aliphatic carbocycles. The Morgan fingerprint density at radius 3 is 3.00 bits per heavy atom. The number of hydrogen-bond donors (Lipinski definition) is 1. The van der Waals surface area contributed by atoms with E-state index in [1.807, 2.05) is 0 Å². The van der Waals surface area contributed by atoms with E-state index < -0.39 is 0 Å². The lowest BCUT2D eigenvalue weighted by Crippen LogP contribution is -2.42. The zero-order valence-electron chi connectivity index (χ0n) is 12.2. The maximum Gasteiger partial charge on any atom is 0.116 e. The summed E-state index contributed by atoms with van der Waals surface area (Å²) < 4.78 is 1.02. The molecule has 1 saturated heterocycles. The lowest BCUT2D eigenvalue weighted by molar-refractivity contribution is 0.233. The first kappa shape index (κ1) is 13.8. The van der Waals surface area contributed by atoms with Crippen LogP contribution in [0.4, 0.5) is 0 Å². The second kappa shape index (κ2) is 6.12. The molecule has 1 aliphatic rings. The van der Waals surface area contributed by atoms with Crippen LogP contribution in [-0.2, 0) is 6.54 Å². The van der Waals surface area contributed by atoms with Gasteiger partial charge in [0.1, 0.15) is 12.5 Å². The molecule has 3 heterocycles. The molecule has 111 valence electrons. The van der Waals surface area contributed by atoms with Crippen molar-refractivity contribution >= 4 is 21.6 Å². The van der Waals surface area contributed by atoms with Gasteiger partial charge < -0.3 is 5.32 Å². The zero-order valence-corrected chi connectivity index (χ0v) is 13.1. The van der Waals surface area contributed by atoms with Crippen LogP contribution in [0.3, 0.4) is 0 Å². The molecule has 0 saturated carbocycles. The molecule has 0 unspecified atom stereocenters. The van der Waals surface area contributed by atoms with E-state index in [0.29, 0.717) is 0 Å². The number of nitrogens with one attached hydrogen (secondary N) is 1. The molecule has 2 aromatic heterocycles. The summed E-state index contributed by atoms with van der Waals surface area (Å²) in [5.74, 6) is 0. The van der Waals surface area contributed by atoms with Crippen LogP contribution in [0.15, 0.2) is 36.7 Å². The van der Waals surface area contributed by atoms with Crippen molar-refractivity contribution in [1.29, 1.82) is 0 Å². The number of rotatable bonds is 3. The lowest BCUT2D eigenvalue weighted by Gasteiger charge is -2.27. The van der Waals surface area contributed by atoms with E-state index in [9.17, 15) is 0 Å². The summed E-state index contributed by atoms with van der Waals surface area (Å²) in [6.07, 6.45) is 4.57. The first-order chi connectivity index (χ1) is 10.9. The number of nitrogens with zero attached hydrogens (tertiary/aromatic N) is 3. The maximum absolute atomic E-state index is 4.30. The third-order valence-corrected chi connectivity index (χ3v) is 5.04. The van der Waals surface area contributed by atoms with Gasteiger partial charge in [0.2, 0.25) is 0 Å². The number of fused-ring (bicyclic) bond motifs is 1. The minimum absolute atomic E-state index is 0.975. The maximum atomic E-state index is 4.30. The normalized spacial score (nSPS) is 16.2. The molecule has 0 bridgehead atoms. The standard InChI is InChI=1S/C17H17N4S/c1-2-13(11-21-6-4-18-5-7-21)8-14(3-1)16-9-15-17(22-16)10-19-12-20-15/h1-3,8-9,12,18H,4-7,11H2. The fourth-order valence-corrected chi connectivity index (χ4v) is 3.78. The van der Waals surface area contributed by atoms with Gasteiger partial charge in [-0.1, -0.05) is 18.2 Å². The Bertz CT molecular complexity index is 744. The minimum Gasteiger partial charge on any atom is -0.314 e. The molecule has 1 aromatic carbocycles. The average Bonchev–Trinajstić information content (AvgIpc) is 3.00. The second-order valence-electron chi connectivity index (χ2n) is 5.54. The van der Waals surface area contributed by atoms with E-state index in [1.165, 1.54) is 16.0 Å². The quantitative estimate of drug-likeness (QED) is 0.807. The number of thiophene rings is 1. The first-order valence-corrected chi connectivity index (χ1v) is 8.35. The van der Waals surface area contributed by atoms with Gasteiger partial charge in [0.15, 0.2) is 0 Å². The van der Waals surface area contributed by atoms with Crippen molar-refractivity contribution in [3.05, 3.63) is 48.4 Å². The summed E-state index contributed by atoms with van der Waals surface area (Å²) in [6.45, 7) is 5.44. The molecule has 1 radical (unpaired) electrons. The Labute approximate surface area is 133 Å². The number of benzene rings is 1. The Hall–Kier alpha value is -1.82. The van der Waals surface area contributed by atoms with E-state index in [1.54, 1.807) is 17.7 Å². The Balaban J connectivity index is 1.60. The molecule has 4 rings (SSSR count). The van der Waals surface area contributed by atoms with E-state index in [4.69, 9.17) is 0 Å². The SMILES string of the molecule is [c]1ncnc2cc(-c3cccc(CN4CCNCC4)c3)sc12. The van der Waals surface area contributed by atoms with Crippen LogP contribution >= 0.6 is 11.3 Å². The fourth-order valence-electron chi connectivity index (χ4n) is 2.83. The van der Waals surface area contributed by atoms with Gasteiger partial charge in [0.05, 0.1) is 10.2 Å². The predicted octanol–water partition coefficient (Wildman–Crippen LogP) is 2.56. The summed E-state index contributed by atoms with van der Waals surface area (Å²) in [5, 5.41) is 3.40. The van der Waals surface area contributed by atoms with E-state index in [0.717, 1.165) is 42.9 Å². The van der Waals surface area contributed by atoms with Crippen molar-refractivity contribution in [2.45, 2.75) is 6.54 Å². The molecular weight excluding hydrogens is 292 g/mol. The molecule has 0 amide bonds. The van der Waals surface area contributed by atoms with Gasteiger partial charge in [0, 0.05) is 37.6 Å². The van der Waals surface area contributed by atoms with Gasteiger partial charge in [-0.15, -0.1) is 11.3 Å². The van der Waals surface area contributed by atoms with Gasteiger partial charge in [0.25, 0.3) is 0 Å². The van der Waals surface area contributed by atoms with Gasteiger partial charge >= 0.3 is 0 Å². The van der Waals surface area contributed by atoms with Crippen LogP contribution in [-0.4, -0.2) is 41.0 Å². The third kappa shape index (κ3) is 2.88. The molecule has 1 aliphatic heterocycles. The molecule has 22 heavy (non-hydrogen) atoms. The molecule has 0 spiro atoms. The topological polar surface area (TPSA) is 41.1 Å². The monoisotopic (exact) mass is 309 g/mol. The molecular formula is C17H17N4S. The van der Waals surface area contributed by atoms with Crippen molar-refractivity contribution in [2.75, 3.05) is 26.2 Å². The van der Waals surface area contributed by atoms with Crippen LogP contribution in [0.25, 0.3) is 20.7 Å². The smallest absolute Gasteiger partial charge is 0.116 e. The Kier molecular flexibility index (Phi) is 3.84. The van der Waals surface area contributed by atoms with Crippen molar-refractivity contribution < 1.29 is 0 Å². The Morgan fingerprint density at radius 1 is 1.23 bits per heavy atom. The van der Waals surface area contributed by atoms with Crippen LogP contribution in [0.1, 0.15) is 5.56 Å². The van der Waals surface area contributed by atoms with Gasteiger partial charge in [-0.05, 0) is 23.3 Å². The van der Waals surface area contributed by atoms with Gasteiger partial charge in [-0.2, -0.15) is 0 Å². The summed E-state index contributed by atoms with van der Waals surface area (Å²) in [6, 6.07) is 10.9. The zero-order chi connectivity index (χ0) is 14.8. The number of hydrogen-bond acceptors (Lipinski definition) is 5.